The average molecular weight is 409 g/mol. The maximum Gasteiger partial charge on any atom is 0.253 e. The van der Waals surface area contributed by atoms with Crippen LogP contribution in [0.5, 0.6) is 0 Å². The van der Waals surface area contributed by atoms with E-state index in [1.165, 1.54) is 0 Å². The Labute approximate surface area is 175 Å². The number of amides is 2. The Balaban J connectivity index is 1.23. The molecule has 2 aromatic heterocycles. The lowest BCUT2D eigenvalue weighted by Gasteiger charge is -2.31. The van der Waals surface area contributed by atoms with Crippen molar-refractivity contribution < 1.29 is 9.59 Å². The second kappa shape index (κ2) is 8.69. The summed E-state index contributed by atoms with van der Waals surface area (Å²) in [5, 5.41) is 3.00. The van der Waals surface area contributed by atoms with Crippen LogP contribution in [0.25, 0.3) is 11.0 Å². The molecule has 0 atom stereocenters. The summed E-state index contributed by atoms with van der Waals surface area (Å²) in [6.45, 7) is 6.55. The smallest absolute Gasteiger partial charge is 0.253 e. The Hall–Kier alpha value is -3.16. The number of carbonyl (C=O) groups is 2. The molecular weight excluding hydrogens is 380 g/mol. The van der Waals surface area contributed by atoms with Crippen LogP contribution in [0.3, 0.4) is 0 Å². The van der Waals surface area contributed by atoms with Gasteiger partial charge in [-0.25, -0.2) is 9.97 Å². The number of likely N-dealkylation sites (tertiary alicyclic amines) is 1. The van der Waals surface area contributed by atoms with Crippen molar-refractivity contribution in [3.63, 3.8) is 0 Å². The summed E-state index contributed by atoms with van der Waals surface area (Å²) in [4.78, 5) is 38.8. The van der Waals surface area contributed by atoms with E-state index in [-0.39, 0.29) is 11.8 Å². The second-order valence-corrected chi connectivity index (χ2v) is 8.01. The largest absolute Gasteiger partial charge is 0.354 e. The highest BCUT2D eigenvalue weighted by atomic mass is 16.2. The van der Waals surface area contributed by atoms with Gasteiger partial charge in [-0.1, -0.05) is 0 Å². The molecule has 158 valence electrons. The monoisotopic (exact) mass is 408 g/mol. The van der Waals surface area contributed by atoms with Crippen LogP contribution in [-0.2, 0) is 11.3 Å². The van der Waals surface area contributed by atoms with Gasteiger partial charge in [0.15, 0.2) is 0 Å². The van der Waals surface area contributed by atoms with Crippen LogP contribution in [0.1, 0.15) is 41.3 Å². The van der Waals surface area contributed by atoms with Crippen molar-refractivity contribution in [3.05, 3.63) is 47.8 Å². The molecule has 3 heterocycles. The number of nitrogens with zero attached hydrogens (tertiary/aromatic N) is 4. The zero-order valence-electron chi connectivity index (χ0n) is 17.5. The molecule has 1 aromatic carbocycles. The highest BCUT2D eigenvalue weighted by Gasteiger charge is 2.25. The fourth-order valence-electron chi connectivity index (χ4n) is 4.08. The molecular formula is C22H28N6O2. The third-order valence-electron chi connectivity index (χ3n) is 5.82. The van der Waals surface area contributed by atoms with E-state index in [1.54, 1.807) is 6.20 Å². The van der Waals surface area contributed by atoms with E-state index < -0.39 is 0 Å². The molecule has 1 saturated heterocycles. The van der Waals surface area contributed by atoms with Crippen LogP contribution >= 0.6 is 0 Å². The number of fused-ring (bicyclic) bond motifs is 1. The first-order valence-electron chi connectivity index (χ1n) is 10.5. The molecule has 0 bridgehead atoms. The second-order valence-electron chi connectivity index (χ2n) is 8.01. The summed E-state index contributed by atoms with van der Waals surface area (Å²) in [6, 6.07) is 5.60. The molecule has 0 aliphatic carbocycles. The number of aryl methyl sites for hydroxylation is 2. The van der Waals surface area contributed by atoms with Crippen molar-refractivity contribution in [2.75, 3.05) is 19.6 Å². The molecule has 0 unspecified atom stereocenters. The van der Waals surface area contributed by atoms with Crippen LogP contribution in [0, 0.1) is 19.8 Å². The number of imidazole rings is 2. The molecule has 0 saturated carbocycles. The first kappa shape index (κ1) is 20.1. The van der Waals surface area contributed by atoms with Crippen molar-refractivity contribution in [2.24, 2.45) is 5.92 Å². The summed E-state index contributed by atoms with van der Waals surface area (Å²) in [5.41, 5.74) is 2.44. The van der Waals surface area contributed by atoms with Gasteiger partial charge in [0.05, 0.1) is 11.0 Å². The lowest BCUT2D eigenvalue weighted by atomic mass is 9.93. The van der Waals surface area contributed by atoms with Gasteiger partial charge in [-0.05, 0) is 50.8 Å². The number of hydrogen-bond donors (Lipinski definition) is 2. The predicted octanol–water partition coefficient (Wildman–Crippen LogP) is 2.43. The van der Waals surface area contributed by atoms with E-state index in [1.807, 2.05) is 47.7 Å². The van der Waals surface area contributed by atoms with Gasteiger partial charge in [-0.2, -0.15) is 0 Å². The number of H-pyrrole nitrogens is 1. The number of aromatic nitrogens is 4. The molecule has 0 spiro atoms. The van der Waals surface area contributed by atoms with Crippen LogP contribution in [0.2, 0.25) is 0 Å². The molecule has 1 fully saturated rings. The summed E-state index contributed by atoms with van der Waals surface area (Å²) in [5.74, 6) is 2.24. The number of hydrogen-bond acceptors (Lipinski definition) is 4. The average Bonchev–Trinajstić information content (AvgIpc) is 3.31. The van der Waals surface area contributed by atoms with Gasteiger partial charge in [0.2, 0.25) is 5.91 Å². The fourth-order valence-corrected chi connectivity index (χ4v) is 4.08. The van der Waals surface area contributed by atoms with Crippen LogP contribution in [0.15, 0.2) is 30.6 Å². The lowest BCUT2D eigenvalue weighted by Crippen LogP contribution is -2.39. The standard InChI is InChI=1S/C22H28N6O2/c1-15-25-19-4-3-18(14-20(19)26-15)22(30)28-9-5-17(6-10-28)13-21(29)24-8-12-27-11-7-23-16(27)2/h3-4,7,11,14,17H,5-6,8-10,12-13H2,1-2H3,(H,24,29)(H,25,26). The first-order valence-corrected chi connectivity index (χ1v) is 10.5. The van der Waals surface area contributed by atoms with Crippen molar-refractivity contribution in [1.82, 2.24) is 29.7 Å². The molecule has 2 amide bonds. The van der Waals surface area contributed by atoms with Crippen molar-refractivity contribution in [2.45, 2.75) is 39.7 Å². The Bertz CT molecular complexity index is 1050. The molecule has 8 heteroatoms. The first-order chi connectivity index (χ1) is 14.5. The Morgan fingerprint density at radius 3 is 2.77 bits per heavy atom. The lowest BCUT2D eigenvalue weighted by molar-refractivity contribution is -0.122. The Kier molecular flexibility index (Phi) is 5.83. The number of benzene rings is 1. The summed E-state index contributed by atoms with van der Waals surface area (Å²) >= 11 is 0. The molecule has 3 aromatic rings. The number of rotatable bonds is 6. The summed E-state index contributed by atoms with van der Waals surface area (Å²) in [6.07, 6.45) is 5.90. The molecule has 1 aliphatic rings. The van der Waals surface area contributed by atoms with Gasteiger partial charge in [0, 0.05) is 50.6 Å². The molecule has 1 aliphatic heterocycles. The van der Waals surface area contributed by atoms with Crippen molar-refractivity contribution >= 4 is 22.8 Å². The van der Waals surface area contributed by atoms with E-state index in [0.717, 1.165) is 42.1 Å². The zero-order chi connectivity index (χ0) is 21.1. The number of piperidine rings is 1. The van der Waals surface area contributed by atoms with Crippen molar-refractivity contribution in [1.29, 1.82) is 0 Å². The van der Waals surface area contributed by atoms with Gasteiger partial charge in [-0.15, -0.1) is 0 Å². The van der Waals surface area contributed by atoms with Gasteiger partial charge < -0.3 is 19.8 Å². The molecule has 8 nitrogen and oxygen atoms in total. The van der Waals surface area contributed by atoms with Gasteiger partial charge in [0.25, 0.3) is 5.91 Å². The van der Waals surface area contributed by atoms with E-state index >= 15 is 0 Å². The highest BCUT2D eigenvalue weighted by Crippen LogP contribution is 2.23. The van der Waals surface area contributed by atoms with E-state index in [9.17, 15) is 9.59 Å². The number of aromatic amines is 1. The SMILES string of the molecule is Cc1nc2ccc(C(=O)N3CCC(CC(=O)NCCn4ccnc4C)CC3)cc2[nH]1. The van der Waals surface area contributed by atoms with Crippen LogP contribution in [-0.4, -0.2) is 55.9 Å². The number of carbonyl (C=O) groups excluding carboxylic acids is 2. The van der Waals surface area contributed by atoms with E-state index in [0.29, 0.717) is 37.5 Å². The van der Waals surface area contributed by atoms with Crippen molar-refractivity contribution in [3.8, 4) is 0 Å². The summed E-state index contributed by atoms with van der Waals surface area (Å²) in [7, 11) is 0. The minimum atomic E-state index is 0.0442. The van der Waals surface area contributed by atoms with Crippen LogP contribution < -0.4 is 5.32 Å². The molecule has 2 N–H and O–H groups in total. The third kappa shape index (κ3) is 4.53. The van der Waals surface area contributed by atoms with Crippen LogP contribution in [0.4, 0.5) is 0 Å². The zero-order valence-corrected chi connectivity index (χ0v) is 17.5. The van der Waals surface area contributed by atoms with Gasteiger partial charge in [-0.3, -0.25) is 9.59 Å². The number of nitrogens with one attached hydrogen (secondary N) is 2. The van der Waals surface area contributed by atoms with Gasteiger partial charge in [0.1, 0.15) is 11.6 Å². The molecule has 4 rings (SSSR count). The Morgan fingerprint density at radius 2 is 2.03 bits per heavy atom. The molecule has 0 radical (unpaired) electrons. The van der Waals surface area contributed by atoms with E-state index in [4.69, 9.17) is 0 Å². The minimum Gasteiger partial charge on any atom is -0.354 e. The highest BCUT2D eigenvalue weighted by molar-refractivity contribution is 5.97. The van der Waals surface area contributed by atoms with Gasteiger partial charge >= 0.3 is 0 Å². The Morgan fingerprint density at radius 1 is 1.23 bits per heavy atom. The fraction of sp³-hybridized carbons (Fsp3) is 0.455. The normalized spacial score (nSPS) is 14.9. The minimum absolute atomic E-state index is 0.0442. The summed E-state index contributed by atoms with van der Waals surface area (Å²) < 4.78 is 2.02. The van der Waals surface area contributed by atoms with E-state index in [2.05, 4.69) is 20.3 Å². The molecule has 30 heavy (non-hydrogen) atoms. The maximum atomic E-state index is 12.9. The quantitative estimate of drug-likeness (QED) is 0.655. The predicted molar refractivity (Wildman–Crippen MR) is 114 cm³/mol. The maximum absolute atomic E-state index is 12.9. The topological polar surface area (TPSA) is 95.9 Å². The third-order valence-corrected chi connectivity index (χ3v) is 5.82.